The van der Waals surface area contributed by atoms with Crippen LogP contribution in [0.1, 0.15) is 29.2 Å². The summed E-state index contributed by atoms with van der Waals surface area (Å²) in [6.07, 6.45) is 0. The van der Waals surface area contributed by atoms with Crippen LogP contribution in [0.3, 0.4) is 0 Å². The molecule has 0 saturated heterocycles. The average Bonchev–Trinajstić information content (AvgIpc) is 2.90. The van der Waals surface area contributed by atoms with E-state index in [1.807, 2.05) is 23.1 Å². The number of carbonyl (C=O) groups excluding carboxylic acids is 1. The average molecular weight is 317 g/mol. The van der Waals surface area contributed by atoms with Crippen LogP contribution in [0.4, 0.5) is 0 Å². The maximum atomic E-state index is 12.6. The summed E-state index contributed by atoms with van der Waals surface area (Å²) in [5.41, 5.74) is 1.17. The zero-order chi connectivity index (χ0) is 15.9. The number of nitrogens with zero attached hydrogens (tertiary/aromatic N) is 1. The Hall–Kier alpha value is -1.65. The lowest BCUT2D eigenvalue weighted by Crippen LogP contribution is -2.90. The molecule has 1 amide bonds. The number of hydrogen-bond donors (Lipinski definition) is 1. The molecule has 2 N–H and O–H groups in total. The number of rotatable bonds is 7. The molecule has 0 unspecified atom stereocenters. The van der Waals surface area contributed by atoms with Crippen LogP contribution in [0.5, 0.6) is 0 Å². The molecule has 1 heterocycles. The van der Waals surface area contributed by atoms with E-state index in [9.17, 15) is 4.79 Å². The highest BCUT2D eigenvalue weighted by Gasteiger charge is 2.17. The molecule has 0 saturated carbocycles. The topological polar surface area (TPSA) is 36.9 Å². The predicted octanol–water partition coefficient (Wildman–Crippen LogP) is 2.56. The van der Waals surface area contributed by atoms with E-state index in [-0.39, 0.29) is 5.91 Å². The largest absolute Gasteiger partial charge is 0.336 e. The Kier molecular flexibility index (Phi) is 6.16. The number of aryl methyl sites for hydroxylation is 1. The summed E-state index contributed by atoms with van der Waals surface area (Å²) in [7, 11) is 0. The fraction of sp³-hybridized carbons (Fsp3) is 0.389. The van der Waals surface area contributed by atoms with Gasteiger partial charge in [-0.15, -0.1) is 11.3 Å². The highest BCUT2D eigenvalue weighted by atomic mass is 32.1. The van der Waals surface area contributed by atoms with Crippen molar-refractivity contribution in [2.75, 3.05) is 6.54 Å². The number of amides is 1. The minimum absolute atomic E-state index is 0.198. The van der Waals surface area contributed by atoms with Gasteiger partial charge in [0.15, 0.2) is 6.54 Å². The summed E-state index contributed by atoms with van der Waals surface area (Å²) >= 11 is 1.76. The summed E-state index contributed by atoms with van der Waals surface area (Å²) in [5, 5.41) is 2.08. The molecule has 2 aromatic rings. The maximum absolute atomic E-state index is 12.6. The molecular formula is C18H25N2OS+. The van der Waals surface area contributed by atoms with E-state index < -0.39 is 0 Å². The molecule has 0 bridgehead atoms. The van der Waals surface area contributed by atoms with Crippen LogP contribution in [0.2, 0.25) is 0 Å². The lowest BCUT2D eigenvalue weighted by molar-refractivity contribution is -0.673. The van der Waals surface area contributed by atoms with E-state index in [1.54, 1.807) is 11.3 Å². The molecule has 0 aliphatic carbocycles. The van der Waals surface area contributed by atoms with Crippen molar-refractivity contribution in [3.63, 3.8) is 0 Å². The van der Waals surface area contributed by atoms with Gasteiger partial charge in [0.05, 0.1) is 12.6 Å². The van der Waals surface area contributed by atoms with Gasteiger partial charge in [0.25, 0.3) is 5.91 Å². The Morgan fingerprint density at radius 1 is 1.14 bits per heavy atom. The van der Waals surface area contributed by atoms with Crippen LogP contribution >= 0.6 is 11.3 Å². The van der Waals surface area contributed by atoms with Gasteiger partial charge in [0.1, 0.15) is 0 Å². The summed E-state index contributed by atoms with van der Waals surface area (Å²) in [6, 6.07) is 14.9. The van der Waals surface area contributed by atoms with Gasteiger partial charge in [-0.25, -0.2) is 0 Å². The molecule has 0 aliphatic heterocycles. The van der Waals surface area contributed by atoms with Crippen molar-refractivity contribution in [1.82, 2.24) is 4.90 Å². The molecule has 0 spiro atoms. The third kappa shape index (κ3) is 5.28. The Bertz CT molecular complexity index is 592. The normalized spacial score (nSPS) is 10.9. The van der Waals surface area contributed by atoms with Crippen LogP contribution in [0, 0.1) is 6.92 Å². The Balaban J connectivity index is 2.07. The molecule has 1 aromatic heterocycles. The molecule has 3 nitrogen and oxygen atoms in total. The fourth-order valence-corrected chi connectivity index (χ4v) is 3.17. The molecular weight excluding hydrogens is 292 g/mol. The highest BCUT2D eigenvalue weighted by Crippen LogP contribution is 2.18. The summed E-state index contributed by atoms with van der Waals surface area (Å²) in [5.74, 6) is 0.198. The van der Waals surface area contributed by atoms with Crippen molar-refractivity contribution in [1.29, 1.82) is 0 Å². The van der Waals surface area contributed by atoms with Crippen LogP contribution < -0.4 is 5.32 Å². The van der Waals surface area contributed by atoms with Crippen molar-refractivity contribution < 1.29 is 10.1 Å². The summed E-state index contributed by atoms with van der Waals surface area (Å²) in [6.45, 7) is 8.19. The number of benzene rings is 1. The van der Waals surface area contributed by atoms with E-state index >= 15 is 0 Å². The first-order valence-corrected chi connectivity index (χ1v) is 8.56. The highest BCUT2D eigenvalue weighted by molar-refractivity contribution is 7.11. The van der Waals surface area contributed by atoms with Crippen molar-refractivity contribution in [3.8, 4) is 0 Å². The van der Waals surface area contributed by atoms with Crippen molar-refractivity contribution in [3.05, 3.63) is 57.8 Å². The first kappa shape index (κ1) is 16.7. The maximum Gasteiger partial charge on any atom is 0.278 e. The first-order chi connectivity index (χ1) is 10.5. The van der Waals surface area contributed by atoms with E-state index in [1.165, 1.54) is 15.3 Å². The molecule has 1 aromatic carbocycles. The lowest BCUT2D eigenvalue weighted by Gasteiger charge is -2.22. The lowest BCUT2D eigenvalue weighted by atomic mass is 10.2. The second-order valence-electron chi connectivity index (χ2n) is 5.93. The second kappa shape index (κ2) is 8.11. The van der Waals surface area contributed by atoms with Crippen molar-refractivity contribution in [2.45, 2.75) is 39.9 Å². The molecule has 0 fully saturated rings. The van der Waals surface area contributed by atoms with Gasteiger partial charge < -0.3 is 10.2 Å². The van der Waals surface area contributed by atoms with E-state index in [0.29, 0.717) is 25.7 Å². The van der Waals surface area contributed by atoms with Crippen LogP contribution in [-0.2, 0) is 17.9 Å². The van der Waals surface area contributed by atoms with E-state index in [4.69, 9.17) is 0 Å². The number of thiophene rings is 1. The van der Waals surface area contributed by atoms with Crippen LogP contribution in [-0.4, -0.2) is 23.4 Å². The van der Waals surface area contributed by atoms with Gasteiger partial charge in [0, 0.05) is 16.3 Å². The zero-order valence-electron chi connectivity index (χ0n) is 13.6. The SMILES string of the molecule is Cc1ccc(CN(Cc2ccccc2)C(=O)C[NH2+]C(C)C)s1. The quantitative estimate of drug-likeness (QED) is 0.837. The minimum Gasteiger partial charge on any atom is -0.336 e. The first-order valence-electron chi connectivity index (χ1n) is 7.75. The van der Waals surface area contributed by atoms with E-state index in [2.05, 4.69) is 50.4 Å². The fourth-order valence-electron chi connectivity index (χ4n) is 2.26. The zero-order valence-corrected chi connectivity index (χ0v) is 14.4. The third-order valence-electron chi connectivity index (χ3n) is 3.48. The molecule has 0 atom stereocenters. The third-order valence-corrected chi connectivity index (χ3v) is 4.46. The molecule has 0 aliphatic rings. The molecule has 0 radical (unpaired) electrons. The predicted molar refractivity (Wildman–Crippen MR) is 91.7 cm³/mol. The summed E-state index contributed by atoms with van der Waals surface area (Å²) < 4.78 is 0. The number of carbonyl (C=O) groups is 1. The van der Waals surface area contributed by atoms with Crippen molar-refractivity contribution >= 4 is 17.2 Å². The van der Waals surface area contributed by atoms with Crippen LogP contribution in [0.15, 0.2) is 42.5 Å². The molecule has 22 heavy (non-hydrogen) atoms. The van der Waals surface area contributed by atoms with Gasteiger partial charge in [-0.05, 0) is 38.5 Å². The summed E-state index contributed by atoms with van der Waals surface area (Å²) in [4.78, 5) is 17.1. The Labute approximate surface area is 137 Å². The standard InChI is InChI=1S/C18H24N2OS/c1-14(2)19-11-18(21)20(12-16-7-5-4-6-8-16)13-17-10-9-15(3)22-17/h4-10,14,19H,11-13H2,1-3H3/p+1. The number of nitrogens with two attached hydrogens (primary N) is 1. The molecule has 4 heteroatoms. The Morgan fingerprint density at radius 3 is 2.45 bits per heavy atom. The second-order valence-corrected chi connectivity index (χ2v) is 7.30. The monoisotopic (exact) mass is 317 g/mol. The van der Waals surface area contributed by atoms with Gasteiger partial charge in [-0.2, -0.15) is 0 Å². The van der Waals surface area contributed by atoms with Gasteiger partial charge in [0.2, 0.25) is 0 Å². The minimum atomic E-state index is 0.198. The van der Waals surface area contributed by atoms with Gasteiger partial charge >= 0.3 is 0 Å². The van der Waals surface area contributed by atoms with Gasteiger partial charge in [-0.3, -0.25) is 4.79 Å². The van der Waals surface area contributed by atoms with E-state index in [0.717, 1.165) is 0 Å². The van der Waals surface area contributed by atoms with Crippen molar-refractivity contribution in [2.24, 2.45) is 0 Å². The number of hydrogen-bond acceptors (Lipinski definition) is 2. The van der Waals surface area contributed by atoms with Gasteiger partial charge in [-0.1, -0.05) is 30.3 Å². The molecule has 118 valence electrons. The molecule has 2 rings (SSSR count). The Morgan fingerprint density at radius 2 is 1.86 bits per heavy atom. The van der Waals surface area contributed by atoms with Crippen LogP contribution in [0.25, 0.3) is 0 Å². The smallest absolute Gasteiger partial charge is 0.278 e. The number of quaternary nitrogens is 1.